The lowest BCUT2D eigenvalue weighted by molar-refractivity contribution is -0.140. The number of nitrogens with two attached hydrogens (primary N) is 4. The average Bonchev–Trinajstić information content (AvgIpc) is 1.88. The van der Waals surface area contributed by atoms with Crippen molar-refractivity contribution in [3.63, 3.8) is 0 Å². The summed E-state index contributed by atoms with van der Waals surface area (Å²) in [4.78, 5) is 78.9. The SMILES string of the molecule is CCCCCN.CCCCCNc1c(NCCNC(=O)CCCCC2CCCCO2)c(=O)c1=O.CCOc1c(OCC)c(=O)c1=O.CO.CO.CO.COC(=O)CCCCC1CCCCO1.NCCN.NCCNC(=O)CCCCC1CCCCO1. The summed E-state index contributed by atoms with van der Waals surface area (Å²) in [5, 5.41) is 32.6. The van der Waals surface area contributed by atoms with Gasteiger partial charge in [0, 0.05) is 106 Å². The predicted octanol–water partition coefficient (Wildman–Crippen LogP) is 4.97. The van der Waals surface area contributed by atoms with E-state index in [1.807, 2.05) is 0 Å². The molecule has 15 N–H and O–H groups in total. The monoisotopic (exact) mass is 1230 g/mol. The number of amides is 2. The van der Waals surface area contributed by atoms with Crippen LogP contribution in [-0.2, 0) is 33.3 Å². The van der Waals surface area contributed by atoms with Gasteiger partial charge in [-0.1, -0.05) is 58.8 Å². The molecule has 3 fully saturated rings. The molecule has 3 heterocycles. The fraction of sp³-hybridized carbons (Fsp3) is 0.823. The Kier molecular flexibility index (Phi) is 67.7. The fourth-order valence-corrected chi connectivity index (χ4v) is 8.55. The molecule has 3 aliphatic rings. The second kappa shape index (κ2) is 66.3. The van der Waals surface area contributed by atoms with Crippen LogP contribution in [0.4, 0.5) is 11.4 Å². The number of aliphatic hydroxyl groups excluding tert-OH is 3. The third-order valence-electron chi connectivity index (χ3n) is 13.2. The maximum atomic E-state index is 11.9. The highest BCUT2D eigenvalue weighted by atomic mass is 16.5. The molecule has 2 aromatic carbocycles. The number of unbranched alkanes of at least 4 members (excludes halogenated alkanes) is 7. The molecule has 2 aromatic rings. The van der Waals surface area contributed by atoms with Crippen LogP contribution in [0.25, 0.3) is 0 Å². The van der Waals surface area contributed by atoms with Gasteiger partial charge in [-0.05, 0) is 130 Å². The van der Waals surface area contributed by atoms with Crippen molar-refractivity contribution in [1.29, 1.82) is 0 Å². The Morgan fingerprint density at radius 3 is 1.16 bits per heavy atom. The Balaban J connectivity index is -0.000000500. The molecule has 0 spiro atoms. The lowest BCUT2D eigenvalue weighted by Crippen LogP contribution is -2.39. The third kappa shape index (κ3) is 47.4. The van der Waals surface area contributed by atoms with E-state index in [-0.39, 0.29) is 29.3 Å². The van der Waals surface area contributed by atoms with Gasteiger partial charge >= 0.3 is 5.97 Å². The standard InChI is InChI=1S/C21H35N3O4.C12H24N2O2.C11H20O3.C8H10O4.C5H13N.C2H8N2.3CH4O/c1-2-3-7-12-23-18-19(21(27)20(18)26)24-14-13-22-17(25)11-5-4-9-16-10-6-8-15-28-16;13-8-9-14-12(15)7-2-1-5-11-6-3-4-10-16-11;1-13-11(12)8-3-2-6-10-7-4-5-9-14-10;1-3-11-7-5(9)6(10)8(7)12-4-2;1-2-3-4-5-6;3-1-2-4;3*1-2/h16,23-24H,2-15H2,1H3,(H,22,25);11H,1-10,13H2,(H,14,15);10H,2-9H2,1H3;3-4H2,1-2H3;2-6H2,1H3;1-4H2;3*2H,1H3. The third-order valence-corrected chi connectivity index (χ3v) is 13.2. The summed E-state index contributed by atoms with van der Waals surface area (Å²) in [6, 6.07) is 0. The number of esters is 1. The number of ether oxygens (including phenoxy) is 6. The number of anilines is 2. The van der Waals surface area contributed by atoms with Crippen LogP contribution < -0.4 is 75.4 Å². The first kappa shape index (κ1) is 87.8. The van der Waals surface area contributed by atoms with Crippen LogP contribution in [0.5, 0.6) is 11.5 Å². The van der Waals surface area contributed by atoms with Crippen molar-refractivity contribution < 1.29 is 58.1 Å². The van der Waals surface area contributed by atoms with Crippen LogP contribution in [0, 0.1) is 0 Å². The van der Waals surface area contributed by atoms with Gasteiger partial charge in [0.25, 0.3) is 21.7 Å². The lowest BCUT2D eigenvalue weighted by atomic mass is 10.0. The summed E-state index contributed by atoms with van der Waals surface area (Å²) in [5.74, 6) is 0.188. The van der Waals surface area contributed by atoms with Crippen LogP contribution >= 0.6 is 0 Å². The first-order valence-electron chi connectivity index (χ1n) is 31.8. The van der Waals surface area contributed by atoms with Crippen molar-refractivity contribution >= 4 is 29.2 Å². The molecule has 3 atom stereocenters. The zero-order chi connectivity index (χ0) is 65.4. The number of rotatable bonds is 34. The van der Waals surface area contributed by atoms with Gasteiger partial charge in [-0.3, -0.25) is 33.6 Å². The maximum Gasteiger partial charge on any atom is 0.305 e. The van der Waals surface area contributed by atoms with Gasteiger partial charge in [0.2, 0.25) is 23.3 Å². The molecule has 24 nitrogen and oxygen atoms in total. The second-order valence-electron chi connectivity index (χ2n) is 20.0. The van der Waals surface area contributed by atoms with E-state index in [2.05, 4.69) is 39.9 Å². The van der Waals surface area contributed by atoms with E-state index in [1.54, 1.807) is 13.8 Å². The van der Waals surface area contributed by atoms with Gasteiger partial charge in [0.15, 0.2) is 0 Å². The number of carbonyl (C=O) groups excluding carboxylic acids is 3. The molecule has 3 aliphatic heterocycles. The first-order chi connectivity index (χ1) is 41.8. The Morgan fingerprint density at radius 2 is 0.837 bits per heavy atom. The fourth-order valence-electron chi connectivity index (χ4n) is 8.55. The van der Waals surface area contributed by atoms with Crippen molar-refractivity contribution in [2.24, 2.45) is 22.9 Å². The zero-order valence-electron chi connectivity index (χ0n) is 54.5. The molecule has 24 heteroatoms. The van der Waals surface area contributed by atoms with E-state index in [1.165, 1.54) is 77.7 Å². The number of hydrogen-bond acceptors (Lipinski definition) is 22. The molecular formula is C62H122N8O16. The molecule has 0 aromatic heterocycles. The smallest absolute Gasteiger partial charge is 0.305 e. The summed E-state index contributed by atoms with van der Waals surface area (Å²) in [6.07, 6.45) is 29.9. The van der Waals surface area contributed by atoms with Crippen molar-refractivity contribution in [2.75, 3.05) is 124 Å². The van der Waals surface area contributed by atoms with Gasteiger partial charge in [-0.25, -0.2) is 0 Å². The Labute approximate surface area is 515 Å². The minimum atomic E-state index is -0.583. The highest BCUT2D eigenvalue weighted by Gasteiger charge is 2.24. The predicted molar refractivity (Wildman–Crippen MR) is 346 cm³/mol. The zero-order valence-corrected chi connectivity index (χ0v) is 54.5. The lowest BCUT2D eigenvalue weighted by Gasteiger charge is -2.22. The molecule has 0 aliphatic carbocycles. The van der Waals surface area contributed by atoms with Crippen LogP contribution in [-0.4, -0.2) is 165 Å². The largest absolute Gasteiger partial charge is 0.486 e. The first-order valence-corrected chi connectivity index (χ1v) is 31.8. The minimum absolute atomic E-state index is 0.0225. The molecule has 3 unspecified atom stereocenters. The Hall–Kier alpha value is -4.63. The molecule has 86 heavy (non-hydrogen) atoms. The highest BCUT2D eigenvalue weighted by Crippen LogP contribution is 2.22. The van der Waals surface area contributed by atoms with E-state index in [0.29, 0.717) is 108 Å². The van der Waals surface area contributed by atoms with Crippen LogP contribution in [0.1, 0.15) is 201 Å². The maximum absolute atomic E-state index is 11.9. The topological polar surface area (TPSA) is 388 Å². The molecule has 0 radical (unpaired) electrons. The van der Waals surface area contributed by atoms with Crippen molar-refractivity contribution in [2.45, 2.75) is 219 Å². The van der Waals surface area contributed by atoms with Gasteiger partial charge in [0.05, 0.1) is 38.6 Å². The van der Waals surface area contributed by atoms with Gasteiger partial charge in [0.1, 0.15) is 11.4 Å². The second-order valence-corrected chi connectivity index (χ2v) is 20.0. The quantitative estimate of drug-likeness (QED) is 0.0250. The van der Waals surface area contributed by atoms with Crippen molar-refractivity contribution in [3.8, 4) is 11.5 Å². The summed E-state index contributed by atoms with van der Waals surface area (Å²) in [5.41, 5.74) is 19.0. The molecule has 0 saturated carbocycles. The van der Waals surface area contributed by atoms with Crippen LogP contribution in [0.2, 0.25) is 0 Å². The van der Waals surface area contributed by atoms with Gasteiger partial charge < -0.3 is 87.9 Å². The number of methoxy groups -OCH3 is 1. The van der Waals surface area contributed by atoms with Crippen molar-refractivity contribution in [1.82, 2.24) is 10.6 Å². The molecule has 5 rings (SSSR count). The van der Waals surface area contributed by atoms with E-state index in [9.17, 15) is 33.6 Å². The van der Waals surface area contributed by atoms with Crippen LogP contribution in [0.3, 0.4) is 0 Å². The number of hydrogen-bond donors (Lipinski definition) is 11. The average molecular weight is 1240 g/mol. The minimum Gasteiger partial charge on any atom is -0.486 e. The summed E-state index contributed by atoms with van der Waals surface area (Å²) >= 11 is 0. The molecular weight excluding hydrogens is 1110 g/mol. The Morgan fingerprint density at radius 1 is 0.453 bits per heavy atom. The highest BCUT2D eigenvalue weighted by molar-refractivity contribution is 5.76. The van der Waals surface area contributed by atoms with E-state index in [0.717, 1.165) is 131 Å². The van der Waals surface area contributed by atoms with Gasteiger partial charge in [-0.15, -0.1) is 0 Å². The number of aliphatic hydroxyl groups is 3. The normalized spacial score (nSPS) is 15.5. The van der Waals surface area contributed by atoms with E-state index < -0.39 is 21.7 Å². The molecule has 3 saturated heterocycles. The van der Waals surface area contributed by atoms with E-state index in [4.69, 9.17) is 61.9 Å². The summed E-state index contributed by atoms with van der Waals surface area (Å²) < 4.78 is 31.3. The summed E-state index contributed by atoms with van der Waals surface area (Å²) in [6.45, 7) is 15.9. The van der Waals surface area contributed by atoms with Crippen LogP contribution in [0.15, 0.2) is 19.2 Å². The number of carbonyl (C=O) groups is 3. The van der Waals surface area contributed by atoms with Gasteiger partial charge in [-0.2, -0.15) is 0 Å². The van der Waals surface area contributed by atoms with E-state index >= 15 is 0 Å². The number of nitrogens with one attached hydrogen (secondary N) is 4. The molecule has 506 valence electrons. The Bertz CT molecular complexity index is 1930. The molecule has 2 amide bonds. The van der Waals surface area contributed by atoms with Crippen molar-refractivity contribution in [3.05, 3.63) is 40.9 Å². The molecule has 0 bridgehead atoms. The summed E-state index contributed by atoms with van der Waals surface area (Å²) in [7, 11) is 4.44.